The van der Waals surface area contributed by atoms with Crippen LogP contribution in [0.1, 0.15) is 12.5 Å². The molecule has 2 aromatic carbocycles. The first-order valence-electron chi connectivity index (χ1n) is 9.86. The number of hydrogen-bond acceptors (Lipinski definition) is 4. The lowest BCUT2D eigenvalue weighted by Gasteiger charge is -2.16. The molecule has 3 heterocycles. The number of rotatable bonds is 3. The van der Waals surface area contributed by atoms with E-state index in [2.05, 4.69) is 41.0 Å². The van der Waals surface area contributed by atoms with Gasteiger partial charge in [-0.15, -0.1) is 0 Å². The Morgan fingerprint density at radius 1 is 1.23 bits per heavy atom. The number of carbonyl (C=O) groups is 1. The normalized spacial score (nSPS) is 16.4. The van der Waals surface area contributed by atoms with Gasteiger partial charge in [-0.25, -0.2) is 5.10 Å². The summed E-state index contributed by atoms with van der Waals surface area (Å²) in [5, 5.41) is 9.39. The lowest BCUT2D eigenvalue weighted by atomic mass is 10.0. The van der Waals surface area contributed by atoms with Crippen LogP contribution in [0.5, 0.6) is 0 Å². The van der Waals surface area contributed by atoms with Crippen molar-refractivity contribution in [3.8, 4) is 11.1 Å². The summed E-state index contributed by atoms with van der Waals surface area (Å²) in [5.41, 5.74) is 8.24. The van der Waals surface area contributed by atoms with E-state index in [1.165, 1.54) is 6.08 Å². The molecule has 1 aliphatic heterocycles. The van der Waals surface area contributed by atoms with Gasteiger partial charge in [0.1, 0.15) is 5.52 Å². The fourth-order valence-corrected chi connectivity index (χ4v) is 4.40. The molecule has 2 aromatic heterocycles. The molecule has 1 unspecified atom stereocenters. The van der Waals surface area contributed by atoms with Crippen molar-refractivity contribution in [1.29, 1.82) is 0 Å². The van der Waals surface area contributed by atoms with Crippen molar-refractivity contribution in [2.75, 3.05) is 18.8 Å². The van der Waals surface area contributed by atoms with Crippen molar-refractivity contribution in [3.63, 3.8) is 0 Å². The van der Waals surface area contributed by atoms with Gasteiger partial charge in [0.25, 0.3) is 5.56 Å². The number of nitrogens with zero attached hydrogens (tertiary/aromatic N) is 3. The van der Waals surface area contributed by atoms with E-state index in [-0.39, 0.29) is 23.3 Å². The summed E-state index contributed by atoms with van der Waals surface area (Å²) in [5.74, 6) is 0.183. The Morgan fingerprint density at radius 2 is 2.03 bits per heavy atom. The summed E-state index contributed by atoms with van der Waals surface area (Å²) in [4.78, 5) is 26.5. The summed E-state index contributed by atoms with van der Waals surface area (Å²) in [6.45, 7) is 4.71. The smallest absolute Gasteiger partial charge is 0.288 e. The average molecular weight is 399 g/mol. The number of likely N-dealkylation sites (tertiary alicyclic amines) is 1. The van der Waals surface area contributed by atoms with E-state index in [4.69, 9.17) is 5.73 Å². The maximum atomic E-state index is 12.7. The van der Waals surface area contributed by atoms with E-state index < -0.39 is 0 Å². The predicted octanol–water partition coefficient (Wildman–Crippen LogP) is 3.09. The van der Waals surface area contributed by atoms with Gasteiger partial charge in [0, 0.05) is 24.8 Å². The summed E-state index contributed by atoms with van der Waals surface area (Å²) in [6, 6.07) is 14.3. The monoisotopic (exact) mass is 399 g/mol. The molecule has 7 nitrogen and oxygen atoms in total. The van der Waals surface area contributed by atoms with E-state index in [1.807, 2.05) is 29.0 Å². The number of nitrogen functional groups attached to an aromatic ring is 1. The molecule has 1 atom stereocenters. The number of nitrogens with one attached hydrogen (secondary N) is 1. The van der Waals surface area contributed by atoms with Crippen molar-refractivity contribution in [2.45, 2.75) is 12.5 Å². The van der Waals surface area contributed by atoms with Gasteiger partial charge in [-0.3, -0.25) is 9.59 Å². The number of benzene rings is 2. The summed E-state index contributed by atoms with van der Waals surface area (Å²) in [7, 11) is 0. The zero-order valence-electron chi connectivity index (χ0n) is 16.3. The lowest BCUT2D eigenvalue weighted by molar-refractivity contribution is -0.125. The molecule has 1 saturated heterocycles. The molecule has 0 saturated carbocycles. The number of fused-ring (bicyclic) bond motifs is 2. The second kappa shape index (κ2) is 6.88. The first-order chi connectivity index (χ1) is 14.6. The van der Waals surface area contributed by atoms with Crippen LogP contribution < -0.4 is 11.3 Å². The number of carbonyl (C=O) groups excluding carboxylic acids is 1. The van der Waals surface area contributed by atoms with Gasteiger partial charge in [-0.05, 0) is 34.9 Å². The second-order valence-corrected chi connectivity index (χ2v) is 7.60. The minimum absolute atomic E-state index is 0.0199. The highest BCUT2D eigenvalue weighted by Crippen LogP contribution is 2.36. The van der Waals surface area contributed by atoms with Crippen molar-refractivity contribution in [2.24, 2.45) is 0 Å². The van der Waals surface area contributed by atoms with Crippen LogP contribution in [0.3, 0.4) is 0 Å². The Bertz CT molecular complexity index is 1370. The van der Waals surface area contributed by atoms with Crippen LogP contribution >= 0.6 is 0 Å². The topological polar surface area (TPSA) is 97.0 Å². The first kappa shape index (κ1) is 18.2. The SMILES string of the molecule is C=CC(=O)N1CCC(n2cc(-c3ccc4ccccc4c3)c3c(N)n[nH]c(=O)c32)C1. The highest BCUT2D eigenvalue weighted by Gasteiger charge is 2.29. The number of anilines is 1. The van der Waals surface area contributed by atoms with Crippen LogP contribution in [0.2, 0.25) is 0 Å². The number of aromatic nitrogens is 3. The van der Waals surface area contributed by atoms with Crippen molar-refractivity contribution >= 4 is 33.4 Å². The van der Waals surface area contributed by atoms with Crippen LogP contribution in [0.25, 0.3) is 32.8 Å². The van der Waals surface area contributed by atoms with Gasteiger partial charge >= 0.3 is 0 Å². The molecule has 5 rings (SSSR count). The van der Waals surface area contributed by atoms with Crippen LogP contribution in [0.15, 0.2) is 66.1 Å². The number of amides is 1. The number of H-pyrrole nitrogens is 1. The fourth-order valence-electron chi connectivity index (χ4n) is 4.40. The largest absolute Gasteiger partial charge is 0.382 e. The maximum Gasteiger partial charge on any atom is 0.288 e. The molecule has 1 fully saturated rings. The molecule has 0 radical (unpaired) electrons. The average Bonchev–Trinajstić information content (AvgIpc) is 3.41. The standard InChI is InChI=1S/C23H21N5O2/c1-2-19(29)27-10-9-17(12-27)28-13-18(20-21(28)23(30)26-25-22(20)24)16-8-7-14-5-3-4-6-15(14)11-16/h2-8,11,13,17H,1,9-10,12H2,(H2,24,25)(H,26,30). The Labute approximate surface area is 172 Å². The van der Waals surface area contributed by atoms with Crippen molar-refractivity contribution in [3.05, 3.63) is 71.7 Å². The minimum Gasteiger partial charge on any atom is -0.382 e. The molecule has 4 aromatic rings. The van der Waals surface area contributed by atoms with Crippen LogP contribution in [-0.2, 0) is 4.79 Å². The Morgan fingerprint density at radius 3 is 2.83 bits per heavy atom. The van der Waals surface area contributed by atoms with Crippen LogP contribution in [-0.4, -0.2) is 38.7 Å². The van der Waals surface area contributed by atoms with Crippen molar-refractivity contribution in [1.82, 2.24) is 19.7 Å². The lowest BCUT2D eigenvalue weighted by Crippen LogP contribution is -2.27. The molecule has 7 heteroatoms. The summed E-state index contributed by atoms with van der Waals surface area (Å²) in [6.07, 6.45) is 4.04. The van der Waals surface area contributed by atoms with Crippen LogP contribution in [0, 0.1) is 0 Å². The first-order valence-corrected chi connectivity index (χ1v) is 9.86. The van der Waals surface area contributed by atoms with Gasteiger partial charge < -0.3 is 15.2 Å². The highest BCUT2D eigenvalue weighted by molar-refractivity contribution is 6.03. The molecule has 150 valence electrons. The Balaban J connectivity index is 1.70. The minimum atomic E-state index is -0.292. The van der Waals surface area contributed by atoms with E-state index >= 15 is 0 Å². The van der Waals surface area contributed by atoms with Gasteiger partial charge in [-0.1, -0.05) is 43.0 Å². The quantitative estimate of drug-likeness (QED) is 0.517. The molecule has 0 bridgehead atoms. The predicted molar refractivity (Wildman–Crippen MR) is 118 cm³/mol. The fraction of sp³-hybridized carbons (Fsp3) is 0.174. The molecule has 30 heavy (non-hydrogen) atoms. The maximum absolute atomic E-state index is 12.7. The second-order valence-electron chi connectivity index (χ2n) is 7.60. The zero-order chi connectivity index (χ0) is 20.8. The number of nitrogens with two attached hydrogens (primary N) is 1. The van der Waals surface area contributed by atoms with Gasteiger partial charge in [0.05, 0.1) is 11.4 Å². The third kappa shape index (κ3) is 2.78. The van der Waals surface area contributed by atoms with E-state index in [0.717, 1.165) is 28.3 Å². The van der Waals surface area contributed by atoms with E-state index in [0.29, 0.717) is 24.0 Å². The molecule has 0 aliphatic carbocycles. The molecular formula is C23H21N5O2. The molecule has 1 aliphatic rings. The summed E-state index contributed by atoms with van der Waals surface area (Å²) >= 11 is 0. The Hall–Kier alpha value is -3.87. The molecule has 1 amide bonds. The number of aromatic amines is 1. The Kier molecular flexibility index (Phi) is 4.17. The summed E-state index contributed by atoms with van der Waals surface area (Å²) < 4.78 is 1.95. The van der Waals surface area contributed by atoms with Gasteiger partial charge in [-0.2, -0.15) is 5.10 Å². The van der Waals surface area contributed by atoms with Crippen molar-refractivity contribution < 1.29 is 4.79 Å². The van der Waals surface area contributed by atoms with E-state index in [1.54, 1.807) is 4.90 Å². The van der Waals surface area contributed by atoms with Gasteiger partial charge in [0.2, 0.25) is 5.91 Å². The third-order valence-corrected chi connectivity index (χ3v) is 5.89. The van der Waals surface area contributed by atoms with E-state index in [9.17, 15) is 9.59 Å². The number of hydrogen-bond donors (Lipinski definition) is 2. The highest BCUT2D eigenvalue weighted by atomic mass is 16.2. The molecular weight excluding hydrogens is 378 g/mol. The zero-order valence-corrected chi connectivity index (χ0v) is 16.3. The van der Waals surface area contributed by atoms with Crippen LogP contribution in [0.4, 0.5) is 5.82 Å². The molecule has 3 N–H and O–H groups in total. The third-order valence-electron chi connectivity index (χ3n) is 5.89. The molecule has 0 spiro atoms. The van der Waals surface area contributed by atoms with Gasteiger partial charge in [0.15, 0.2) is 5.82 Å².